The van der Waals surface area contributed by atoms with Crippen molar-refractivity contribution < 1.29 is 45.1 Å². The molecule has 20 heavy (non-hydrogen) atoms. The van der Waals surface area contributed by atoms with E-state index in [0.717, 1.165) is 0 Å². The molecule has 0 saturated heterocycles. The fourth-order valence-electron chi connectivity index (χ4n) is 0.728. The molecule has 0 aliphatic rings. The zero-order valence-corrected chi connectivity index (χ0v) is 13.1. The van der Waals surface area contributed by atoms with Crippen LogP contribution in [0.3, 0.4) is 0 Å². The first-order chi connectivity index (χ1) is 9.24. The van der Waals surface area contributed by atoms with Gasteiger partial charge in [-0.15, -0.1) is 0 Å². The van der Waals surface area contributed by atoms with Crippen molar-refractivity contribution in [1.82, 2.24) is 0 Å². The van der Waals surface area contributed by atoms with Gasteiger partial charge in [-0.2, -0.15) is 0 Å². The topological polar surface area (TPSA) is 109 Å². The molecule has 0 aliphatic heterocycles. The van der Waals surface area contributed by atoms with E-state index in [0.29, 0.717) is 0 Å². The molecule has 106 valence electrons. The summed E-state index contributed by atoms with van der Waals surface area (Å²) in [6.45, 7) is 26.7. The van der Waals surface area contributed by atoms with Gasteiger partial charge in [0.25, 0.3) is 0 Å². The second kappa shape index (κ2) is 43.0. The van der Waals surface area contributed by atoms with Gasteiger partial charge in [-0.05, 0) is 36.6 Å². The van der Waals surface area contributed by atoms with E-state index >= 15 is 0 Å². The third kappa shape index (κ3) is 25.7. The van der Waals surface area contributed by atoms with Crippen molar-refractivity contribution in [2.24, 2.45) is 0 Å². The molecule has 0 aromatic carbocycles. The van der Waals surface area contributed by atoms with Crippen LogP contribution >= 0.6 is 7.76 Å². The number of aryl methyl sites for hydroxylation is 2. The van der Waals surface area contributed by atoms with E-state index in [1.54, 1.807) is 7.11 Å². The summed E-state index contributed by atoms with van der Waals surface area (Å²) in [4.78, 5) is 0. The normalized spacial score (nSPS) is 5.05. The fourth-order valence-corrected chi connectivity index (χ4v) is 2.18. The minimum Gasteiger partial charge on any atom is 0 e. The monoisotopic (exact) mass is 334 g/mol. The summed E-state index contributed by atoms with van der Waals surface area (Å²) in [6, 6.07) is 0. The summed E-state index contributed by atoms with van der Waals surface area (Å²) in [5.41, 5.74) is 2.73. The van der Waals surface area contributed by atoms with Crippen molar-refractivity contribution in [1.29, 1.82) is 0 Å². The van der Waals surface area contributed by atoms with Crippen LogP contribution in [0.2, 0.25) is 0 Å². The predicted octanol–water partition coefficient (Wildman–Crippen LogP) is 2.16. The molecule has 1 aromatic heterocycles. The molecule has 0 N–H and O–H groups in total. The molecular weight excluding hydrogens is 323 g/mol. The molecule has 0 spiro atoms. The molecule has 0 unspecified atom stereocenters. The summed E-state index contributed by atoms with van der Waals surface area (Å²) in [6.07, 6.45) is 0. The predicted molar refractivity (Wildman–Crippen MR) is 60.8 cm³/mol. The van der Waals surface area contributed by atoms with E-state index in [9.17, 15) is 0 Å². The van der Waals surface area contributed by atoms with Gasteiger partial charge in [0, 0.05) is 32.2 Å². The first-order valence-corrected chi connectivity index (χ1v) is 5.35. The van der Waals surface area contributed by atoms with Crippen molar-refractivity contribution in [2.45, 2.75) is 13.8 Å². The maximum Gasteiger partial charge on any atom is 0 e. The van der Waals surface area contributed by atoms with Gasteiger partial charge in [-0.3, -0.25) is 0 Å². The van der Waals surface area contributed by atoms with Crippen molar-refractivity contribution in [3.05, 3.63) is 56.0 Å². The second-order valence-corrected chi connectivity index (χ2v) is 3.77. The van der Waals surface area contributed by atoms with Gasteiger partial charge in [-0.1, -0.05) is 0 Å². The Morgan fingerprint density at radius 1 is 0.750 bits per heavy atom. The molecule has 0 bridgehead atoms. The van der Waals surface area contributed by atoms with Crippen molar-refractivity contribution in [3.8, 4) is 0 Å². The van der Waals surface area contributed by atoms with Crippen molar-refractivity contribution in [2.75, 3.05) is 7.11 Å². The van der Waals surface area contributed by atoms with Crippen LogP contribution in [0.15, 0.2) is 11.6 Å². The van der Waals surface area contributed by atoms with Crippen molar-refractivity contribution in [3.63, 3.8) is 0 Å². The van der Waals surface area contributed by atoms with E-state index in [2.05, 4.69) is 58.7 Å². The van der Waals surface area contributed by atoms with Crippen LogP contribution in [-0.2, 0) is 40.6 Å². The first-order valence-electron chi connectivity index (χ1n) is 3.96. The van der Waals surface area contributed by atoms with Crippen LogP contribution in [0.4, 0.5) is 0 Å². The van der Waals surface area contributed by atoms with Crippen molar-refractivity contribution >= 4 is 7.76 Å². The Morgan fingerprint density at radius 2 is 0.950 bits per heavy atom. The summed E-state index contributed by atoms with van der Waals surface area (Å²) in [5, 5.41) is 0. The van der Waals surface area contributed by atoms with Crippen LogP contribution in [0.25, 0.3) is 0 Å². The quantitative estimate of drug-likeness (QED) is 0.569. The SMILES string of the molecule is COp1cc(C)c(C)c1.[C-]#[O+].[C-]#[O+].[C-]#[O+].[C-]#[O+].[C-]#[O+].[Cr]. The Morgan fingerprint density at radius 3 is 1.05 bits per heavy atom. The van der Waals surface area contributed by atoms with Gasteiger partial charge in [0.05, 0.1) is 0 Å². The maximum atomic E-state index is 7.50. The minimum absolute atomic E-state index is 0. The van der Waals surface area contributed by atoms with Crippen LogP contribution < -0.4 is 4.52 Å². The first kappa shape index (κ1) is 36.4. The largest absolute Gasteiger partial charge is 0 e. The van der Waals surface area contributed by atoms with E-state index in [1.807, 2.05) is 0 Å². The van der Waals surface area contributed by atoms with Gasteiger partial charge in [-0.25, -0.2) is 0 Å². The number of hydrogen-bond acceptors (Lipinski definition) is 1. The molecule has 0 radical (unpaired) electrons. The van der Waals surface area contributed by atoms with Gasteiger partial charge in [0.15, 0.2) is 0 Å². The van der Waals surface area contributed by atoms with E-state index in [1.165, 1.54) is 11.1 Å². The molecule has 8 heteroatoms. The van der Waals surface area contributed by atoms with Crippen LogP contribution in [0, 0.1) is 47.1 Å². The van der Waals surface area contributed by atoms with Gasteiger partial charge in [0.1, 0.15) is 0 Å². The number of hydrogen-bond donors (Lipinski definition) is 0. The fraction of sp³-hybridized carbons (Fsp3) is 0.250. The smallest absolute Gasteiger partial charge is 0 e. The summed E-state index contributed by atoms with van der Waals surface area (Å²) in [5.74, 6) is 4.37. The summed E-state index contributed by atoms with van der Waals surface area (Å²) >= 11 is 0. The van der Waals surface area contributed by atoms with Crippen LogP contribution in [0.1, 0.15) is 11.1 Å². The Labute approximate surface area is 130 Å². The average Bonchev–Trinajstić information content (AvgIpc) is 2.88. The molecule has 1 aromatic rings. The molecular formula is C12H11CrO6P. The van der Waals surface area contributed by atoms with Gasteiger partial charge >= 0.3 is 56.5 Å². The van der Waals surface area contributed by atoms with Crippen LogP contribution in [0.5, 0.6) is 0 Å². The van der Waals surface area contributed by atoms with E-state index < -0.39 is 0 Å². The average molecular weight is 334 g/mol. The zero-order chi connectivity index (χ0) is 16.9. The molecule has 0 saturated carbocycles. The van der Waals surface area contributed by atoms with Crippen LogP contribution in [-0.4, -0.2) is 7.11 Å². The molecule has 0 amide bonds. The van der Waals surface area contributed by atoms with Gasteiger partial charge < -0.3 is 4.52 Å². The molecule has 1 rings (SSSR count). The standard InChI is InChI=1S/C7H11OP.5CO.Cr/c1-6-4-9(8-3)5-7(6)2;5*1-2;/h4-5H,1-3H3;;;;;;. The number of rotatable bonds is 1. The molecule has 0 atom stereocenters. The minimum atomic E-state index is -0.346. The Kier molecular flexibility index (Phi) is 78.3. The maximum absolute atomic E-state index is 7.50. The Bertz CT molecular complexity index is 335. The Hall–Kier alpha value is -1.03. The summed E-state index contributed by atoms with van der Waals surface area (Å²) < 4.78 is 42.7. The molecule has 0 fully saturated rings. The second-order valence-electron chi connectivity index (χ2n) is 2.17. The van der Waals surface area contributed by atoms with E-state index in [-0.39, 0.29) is 25.1 Å². The zero-order valence-electron chi connectivity index (χ0n) is 11.0. The molecule has 6 nitrogen and oxygen atoms in total. The van der Waals surface area contributed by atoms with Gasteiger partial charge in [0.2, 0.25) is 0 Å². The third-order valence-corrected chi connectivity index (χ3v) is 3.18. The molecule has 1 heterocycles. The summed E-state index contributed by atoms with van der Waals surface area (Å²) in [7, 11) is 1.41. The molecule has 0 aliphatic carbocycles. The van der Waals surface area contributed by atoms with E-state index in [4.69, 9.17) is 27.8 Å². The third-order valence-electron chi connectivity index (χ3n) is 1.47. The Balaban J connectivity index is -0.0000000384.